The molecule has 108 valence electrons. The van der Waals surface area contributed by atoms with Crippen LogP contribution in [0.5, 0.6) is 0 Å². The molecule has 1 unspecified atom stereocenters. The lowest BCUT2D eigenvalue weighted by atomic mass is 10.1. The lowest BCUT2D eigenvalue weighted by molar-refractivity contribution is 0.270. The van der Waals surface area contributed by atoms with Crippen LogP contribution in [0, 0.1) is 18.3 Å². The van der Waals surface area contributed by atoms with Crippen molar-refractivity contribution in [3.63, 3.8) is 0 Å². The minimum Gasteiger partial charge on any atom is -0.270 e. The van der Waals surface area contributed by atoms with Gasteiger partial charge in [0.05, 0.1) is 11.3 Å². The van der Waals surface area contributed by atoms with Crippen molar-refractivity contribution in [1.82, 2.24) is 4.31 Å². The Hall–Kier alpha value is -1.58. The highest BCUT2D eigenvalue weighted by atomic mass is 32.2. The summed E-state index contributed by atoms with van der Waals surface area (Å²) in [6.45, 7) is 4.24. The standard InChI is InChI=1S/C14H19N3O2S/c1-11-6-5-8-14(13(11)10-15)16-20(18,19)17-9-4-3-7-12(17)2/h5-6,8,12,16H,3-4,7,9H2,1-2H3. The van der Waals surface area contributed by atoms with Crippen molar-refractivity contribution in [3.05, 3.63) is 29.3 Å². The molecule has 1 aliphatic heterocycles. The molecule has 1 aliphatic rings. The lowest BCUT2D eigenvalue weighted by Gasteiger charge is -2.32. The van der Waals surface area contributed by atoms with E-state index in [9.17, 15) is 8.42 Å². The van der Waals surface area contributed by atoms with Crippen molar-refractivity contribution in [3.8, 4) is 6.07 Å². The molecule has 1 aromatic carbocycles. The summed E-state index contributed by atoms with van der Waals surface area (Å²) < 4.78 is 28.9. The van der Waals surface area contributed by atoms with Crippen molar-refractivity contribution in [2.75, 3.05) is 11.3 Å². The minimum atomic E-state index is -3.60. The first kappa shape index (κ1) is 14.8. The summed E-state index contributed by atoms with van der Waals surface area (Å²) in [5.74, 6) is 0. The summed E-state index contributed by atoms with van der Waals surface area (Å²) in [5, 5.41) is 9.16. The van der Waals surface area contributed by atoms with Crippen LogP contribution in [0.4, 0.5) is 5.69 Å². The minimum absolute atomic E-state index is 0.00315. The lowest BCUT2D eigenvalue weighted by Crippen LogP contribution is -2.44. The summed E-state index contributed by atoms with van der Waals surface area (Å²) in [7, 11) is -3.60. The highest BCUT2D eigenvalue weighted by molar-refractivity contribution is 7.90. The van der Waals surface area contributed by atoms with E-state index in [4.69, 9.17) is 5.26 Å². The first-order valence-electron chi connectivity index (χ1n) is 6.75. The van der Waals surface area contributed by atoms with Crippen molar-refractivity contribution >= 4 is 15.9 Å². The number of nitrogens with one attached hydrogen (secondary N) is 1. The van der Waals surface area contributed by atoms with Gasteiger partial charge in [0.1, 0.15) is 6.07 Å². The number of aryl methyl sites for hydroxylation is 1. The molecule has 0 bridgehead atoms. The van der Waals surface area contributed by atoms with Crippen molar-refractivity contribution in [1.29, 1.82) is 5.26 Å². The van der Waals surface area contributed by atoms with Crippen molar-refractivity contribution in [2.24, 2.45) is 0 Å². The van der Waals surface area contributed by atoms with Gasteiger partial charge in [-0.15, -0.1) is 0 Å². The number of hydrogen-bond donors (Lipinski definition) is 1. The molecule has 0 amide bonds. The van der Waals surface area contributed by atoms with E-state index in [0.717, 1.165) is 24.8 Å². The summed E-state index contributed by atoms with van der Waals surface area (Å²) in [6, 6.07) is 7.21. The largest absolute Gasteiger partial charge is 0.301 e. The summed E-state index contributed by atoms with van der Waals surface area (Å²) in [4.78, 5) is 0. The van der Waals surface area contributed by atoms with E-state index in [0.29, 0.717) is 17.8 Å². The molecule has 5 nitrogen and oxygen atoms in total. The smallest absolute Gasteiger partial charge is 0.270 e. The predicted molar refractivity (Wildman–Crippen MR) is 78.5 cm³/mol. The number of benzene rings is 1. The molecule has 1 fully saturated rings. The summed E-state index contributed by atoms with van der Waals surface area (Å²) in [6.07, 6.45) is 2.81. The highest BCUT2D eigenvalue weighted by Gasteiger charge is 2.29. The second-order valence-corrected chi connectivity index (χ2v) is 6.80. The van der Waals surface area contributed by atoms with Gasteiger partial charge in [-0.25, -0.2) is 0 Å². The van der Waals surface area contributed by atoms with Crippen LogP contribution in [0.1, 0.15) is 37.3 Å². The maximum Gasteiger partial charge on any atom is 0.301 e. The van der Waals surface area contributed by atoms with Gasteiger partial charge < -0.3 is 0 Å². The number of piperidine rings is 1. The Morgan fingerprint density at radius 2 is 2.15 bits per heavy atom. The van der Waals surface area contributed by atoms with Gasteiger partial charge in [-0.05, 0) is 38.3 Å². The van der Waals surface area contributed by atoms with Gasteiger partial charge in [0, 0.05) is 12.6 Å². The van der Waals surface area contributed by atoms with Gasteiger partial charge in [-0.1, -0.05) is 18.6 Å². The molecule has 2 rings (SSSR count). The molecule has 20 heavy (non-hydrogen) atoms. The van der Waals surface area contributed by atoms with E-state index in [1.807, 2.05) is 6.92 Å². The molecular formula is C14H19N3O2S. The molecule has 1 heterocycles. The number of hydrogen-bond acceptors (Lipinski definition) is 3. The van der Waals surface area contributed by atoms with Gasteiger partial charge in [-0.2, -0.15) is 18.0 Å². The Balaban J connectivity index is 2.29. The van der Waals surface area contributed by atoms with E-state index in [2.05, 4.69) is 10.8 Å². The van der Waals surface area contributed by atoms with Crippen LogP contribution < -0.4 is 4.72 Å². The average Bonchev–Trinajstić information content (AvgIpc) is 2.39. The third-order valence-corrected chi connectivity index (χ3v) is 5.31. The zero-order valence-corrected chi connectivity index (χ0v) is 12.6. The molecule has 6 heteroatoms. The molecular weight excluding hydrogens is 274 g/mol. The Bertz CT molecular complexity index is 634. The fourth-order valence-corrected chi connectivity index (χ4v) is 4.04. The van der Waals surface area contributed by atoms with Gasteiger partial charge >= 0.3 is 10.2 Å². The molecule has 1 aromatic rings. The zero-order chi connectivity index (χ0) is 14.8. The molecule has 1 atom stereocenters. The van der Waals surface area contributed by atoms with Gasteiger partial charge in [0.2, 0.25) is 0 Å². The average molecular weight is 293 g/mol. The fraction of sp³-hybridized carbons (Fsp3) is 0.500. The number of anilines is 1. The van der Waals surface area contributed by atoms with Crippen molar-refractivity contribution < 1.29 is 8.42 Å². The highest BCUT2D eigenvalue weighted by Crippen LogP contribution is 2.24. The molecule has 1 N–H and O–H groups in total. The number of nitriles is 1. The van der Waals surface area contributed by atoms with Gasteiger partial charge in [0.25, 0.3) is 0 Å². The molecule has 0 radical (unpaired) electrons. The maximum atomic E-state index is 12.5. The van der Waals surface area contributed by atoms with Gasteiger partial charge in [0.15, 0.2) is 0 Å². The number of nitrogens with zero attached hydrogens (tertiary/aromatic N) is 2. The third kappa shape index (κ3) is 2.94. The second kappa shape index (κ2) is 5.81. The topological polar surface area (TPSA) is 73.2 Å². The van der Waals surface area contributed by atoms with E-state index in [1.54, 1.807) is 25.1 Å². The van der Waals surface area contributed by atoms with Crippen LogP contribution in [-0.4, -0.2) is 25.3 Å². The second-order valence-electron chi connectivity index (χ2n) is 5.17. The van der Waals surface area contributed by atoms with Crippen LogP contribution in [0.2, 0.25) is 0 Å². The quantitative estimate of drug-likeness (QED) is 0.930. The van der Waals surface area contributed by atoms with Crippen LogP contribution in [0.15, 0.2) is 18.2 Å². The van der Waals surface area contributed by atoms with Crippen LogP contribution in [-0.2, 0) is 10.2 Å². The zero-order valence-electron chi connectivity index (χ0n) is 11.8. The molecule has 0 spiro atoms. The predicted octanol–water partition coefficient (Wildman–Crippen LogP) is 2.40. The molecule has 0 aliphatic carbocycles. The van der Waals surface area contributed by atoms with Crippen LogP contribution in [0.3, 0.4) is 0 Å². The Kier molecular flexibility index (Phi) is 4.31. The van der Waals surface area contributed by atoms with E-state index >= 15 is 0 Å². The fourth-order valence-electron chi connectivity index (χ4n) is 2.53. The monoisotopic (exact) mass is 293 g/mol. The Morgan fingerprint density at radius 3 is 2.80 bits per heavy atom. The van der Waals surface area contributed by atoms with E-state index < -0.39 is 10.2 Å². The van der Waals surface area contributed by atoms with Crippen LogP contribution >= 0.6 is 0 Å². The van der Waals surface area contributed by atoms with E-state index in [1.165, 1.54) is 4.31 Å². The van der Waals surface area contributed by atoms with Crippen molar-refractivity contribution in [2.45, 2.75) is 39.2 Å². The maximum absolute atomic E-state index is 12.5. The normalized spacial score (nSPS) is 20.4. The summed E-state index contributed by atoms with van der Waals surface area (Å²) >= 11 is 0. The van der Waals surface area contributed by atoms with Gasteiger partial charge in [-0.3, -0.25) is 4.72 Å². The van der Waals surface area contributed by atoms with Crippen LogP contribution in [0.25, 0.3) is 0 Å². The first-order valence-corrected chi connectivity index (χ1v) is 8.19. The Morgan fingerprint density at radius 1 is 1.40 bits per heavy atom. The molecule has 1 saturated heterocycles. The molecule has 0 saturated carbocycles. The van der Waals surface area contributed by atoms with E-state index in [-0.39, 0.29) is 6.04 Å². The Labute approximate surface area is 120 Å². The SMILES string of the molecule is Cc1cccc(NS(=O)(=O)N2CCCCC2C)c1C#N. The summed E-state index contributed by atoms with van der Waals surface area (Å²) in [5.41, 5.74) is 1.49. The first-order chi connectivity index (χ1) is 9.45. The number of rotatable bonds is 3. The third-order valence-electron chi connectivity index (χ3n) is 3.67. The molecule has 0 aromatic heterocycles.